The van der Waals surface area contributed by atoms with E-state index in [0.29, 0.717) is 31.1 Å². The van der Waals surface area contributed by atoms with Crippen LogP contribution in [0.15, 0.2) is 18.2 Å². The highest BCUT2D eigenvalue weighted by molar-refractivity contribution is 5.55. The lowest BCUT2D eigenvalue weighted by molar-refractivity contribution is -0.384. The molecule has 0 heterocycles. The third kappa shape index (κ3) is 5.38. The summed E-state index contributed by atoms with van der Waals surface area (Å²) in [5.74, 6) is 5.90. The molecule has 0 atom stereocenters. The minimum atomic E-state index is -0.425. The minimum Gasteiger partial charge on any atom is -0.324 e. The number of nitrogens with zero attached hydrogens (tertiary/aromatic N) is 3. The first-order chi connectivity index (χ1) is 9.97. The van der Waals surface area contributed by atoms with Crippen LogP contribution in [0.25, 0.3) is 0 Å². The van der Waals surface area contributed by atoms with E-state index >= 15 is 0 Å². The summed E-state index contributed by atoms with van der Waals surface area (Å²) in [6, 6.07) is 6.67. The zero-order chi connectivity index (χ0) is 15.8. The molecule has 0 saturated carbocycles. The molecule has 0 aliphatic carbocycles. The summed E-state index contributed by atoms with van der Waals surface area (Å²) in [4.78, 5) is 12.6. The van der Waals surface area contributed by atoms with Gasteiger partial charge in [-0.15, -0.1) is 0 Å². The van der Waals surface area contributed by atoms with E-state index in [1.165, 1.54) is 12.1 Å². The molecular formula is C14H21N5O2. The molecule has 3 N–H and O–H groups in total. The number of hydrogen-bond donors (Lipinski definition) is 2. The molecule has 114 valence electrons. The van der Waals surface area contributed by atoms with Gasteiger partial charge in [0.05, 0.1) is 16.7 Å². The Morgan fingerprint density at radius 2 is 2.24 bits per heavy atom. The number of hydrazine groups is 1. The molecule has 0 aliphatic rings. The summed E-state index contributed by atoms with van der Waals surface area (Å²) >= 11 is 0. The monoisotopic (exact) mass is 291 g/mol. The Bertz CT molecular complexity index is 525. The Hall–Kier alpha value is -2.17. The number of benzene rings is 1. The van der Waals surface area contributed by atoms with Crippen LogP contribution in [-0.4, -0.2) is 22.9 Å². The summed E-state index contributed by atoms with van der Waals surface area (Å²) in [6.07, 6.45) is 0.424. The average Bonchev–Trinajstić information content (AvgIpc) is 2.44. The SMILES string of the molecule is CC(C)CN(CCC#N)Cc1cc([N+](=O)[O-])ccc1NN. The minimum absolute atomic E-state index is 0.0359. The van der Waals surface area contributed by atoms with Crippen LogP contribution in [0.3, 0.4) is 0 Å². The number of nitrogens with two attached hydrogens (primary N) is 1. The van der Waals surface area contributed by atoms with Gasteiger partial charge in [0, 0.05) is 38.2 Å². The first kappa shape index (κ1) is 16.9. The molecule has 7 heteroatoms. The normalized spacial score (nSPS) is 10.7. The maximum absolute atomic E-state index is 10.9. The largest absolute Gasteiger partial charge is 0.324 e. The number of hydrogen-bond acceptors (Lipinski definition) is 6. The zero-order valence-corrected chi connectivity index (χ0v) is 12.4. The molecule has 0 radical (unpaired) electrons. The average molecular weight is 291 g/mol. The van der Waals surface area contributed by atoms with Crippen LogP contribution in [-0.2, 0) is 6.54 Å². The van der Waals surface area contributed by atoms with Crippen molar-refractivity contribution in [1.82, 2.24) is 4.90 Å². The first-order valence-electron chi connectivity index (χ1n) is 6.81. The van der Waals surface area contributed by atoms with E-state index in [-0.39, 0.29) is 5.69 Å². The van der Waals surface area contributed by atoms with Crippen molar-refractivity contribution in [2.75, 3.05) is 18.5 Å². The number of nitriles is 1. The summed E-state index contributed by atoms with van der Waals surface area (Å²) in [5.41, 5.74) is 4.01. The van der Waals surface area contributed by atoms with Gasteiger partial charge in [-0.2, -0.15) is 5.26 Å². The van der Waals surface area contributed by atoms with Crippen molar-refractivity contribution >= 4 is 11.4 Å². The predicted molar refractivity (Wildman–Crippen MR) is 81.3 cm³/mol. The lowest BCUT2D eigenvalue weighted by Crippen LogP contribution is -2.29. The standard InChI is InChI=1S/C14H21N5O2/c1-11(2)9-18(7-3-6-15)10-12-8-13(19(20)21)4-5-14(12)17-16/h4-5,8,11,17H,3,7,9-10,16H2,1-2H3. The number of anilines is 1. The van der Waals surface area contributed by atoms with E-state index in [9.17, 15) is 10.1 Å². The van der Waals surface area contributed by atoms with Gasteiger partial charge < -0.3 is 5.43 Å². The third-order valence-corrected chi connectivity index (χ3v) is 3.01. The smallest absolute Gasteiger partial charge is 0.269 e. The highest BCUT2D eigenvalue weighted by Crippen LogP contribution is 2.23. The number of nitrogens with one attached hydrogen (secondary N) is 1. The molecule has 21 heavy (non-hydrogen) atoms. The van der Waals surface area contributed by atoms with Crippen molar-refractivity contribution in [2.24, 2.45) is 11.8 Å². The van der Waals surface area contributed by atoms with Crippen LogP contribution in [0.5, 0.6) is 0 Å². The van der Waals surface area contributed by atoms with E-state index in [1.807, 2.05) is 0 Å². The summed E-state index contributed by atoms with van der Waals surface area (Å²) in [7, 11) is 0. The van der Waals surface area contributed by atoms with Gasteiger partial charge in [-0.05, 0) is 17.5 Å². The molecule has 0 aliphatic heterocycles. The van der Waals surface area contributed by atoms with Crippen LogP contribution >= 0.6 is 0 Å². The molecule has 0 saturated heterocycles. The Morgan fingerprint density at radius 1 is 1.52 bits per heavy atom. The Morgan fingerprint density at radius 3 is 2.76 bits per heavy atom. The van der Waals surface area contributed by atoms with Crippen LogP contribution in [0.2, 0.25) is 0 Å². The van der Waals surface area contributed by atoms with Crippen molar-refractivity contribution in [3.63, 3.8) is 0 Å². The predicted octanol–water partition coefficient (Wildman–Crippen LogP) is 2.25. The maximum atomic E-state index is 10.9. The van der Waals surface area contributed by atoms with Crippen LogP contribution in [0, 0.1) is 27.4 Å². The number of non-ortho nitro benzene ring substituents is 1. The lowest BCUT2D eigenvalue weighted by Gasteiger charge is -2.24. The van der Waals surface area contributed by atoms with Crippen molar-refractivity contribution in [3.8, 4) is 6.07 Å². The van der Waals surface area contributed by atoms with Crippen LogP contribution in [0.4, 0.5) is 11.4 Å². The highest BCUT2D eigenvalue weighted by Gasteiger charge is 2.14. The summed E-state index contributed by atoms with van der Waals surface area (Å²) in [5, 5.41) is 19.6. The number of nitro groups is 1. The topological polar surface area (TPSA) is 108 Å². The fourth-order valence-corrected chi connectivity index (χ4v) is 2.17. The highest BCUT2D eigenvalue weighted by atomic mass is 16.6. The molecule has 7 nitrogen and oxygen atoms in total. The van der Waals surface area contributed by atoms with Crippen molar-refractivity contribution < 1.29 is 4.92 Å². The Kier molecular flexibility index (Phi) is 6.59. The van der Waals surface area contributed by atoms with Gasteiger partial charge in [0.1, 0.15) is 0 Å². The fourth-order valence-electron chi connectivity index (χ4n) is 2.17. The van der Waals surface area contributed by atoms with Crippen molar-refractivity contribution in [3.05, 3.63) is 33.9 Å². The van der Waals surface area contributed by atoms with Crippen LogP contribution in [0.1, 0.15) is 25.8 Å². The number of nitrogen functional groups attached to an aromatic ring is 1. The fraction of sp³-hybridized carbons (Fsp3) is 0.500. The van der Waals surface area contributed by atoms with Gasteiger partial charge in [-0.1, -0.05) is 13.8 Å². The van der Waals surface area contributed by atoms with Gasteiger partial charge >= 0.3 is 0 Å². The second kappa shape index (κ2) is 8.19. The maximum Gasteiger partial charge on any atom is 0.269 e. The quantitative estimate of drug-likeness (QED) is 0.432. The molecule has 1 rings (SSSR count). The number of rotatable bonds is 8. The molecular weight excluding hydrogens is 270 g/mol. The summed E-state index contributed by atoms with van der Waals surface area (Å²) in [6.45, 7) is 6.14. The van der Waals surface area contributed by atoms with Gasteiger partial charge in [0.25, 0.3) is 5.69 Å². The summed E-state index contributed by atoms with van der Waals surface area (Å²) < 4.78 is 0. The molecule has 0 unspecified atom stereocenters. The van der Waals surface area contributed by atoms with Gasteiger partial charge in [0.2, 0.25) is 0 Å². The van der Waals surface area contributed by atoms with E-state index in [0.717, 1.165) is 12.1 Å². The van der Waals surface area contributed by atoms with Gasteiger partial charge in [-0.3, -0.25) is 20.9 Å². The van der Waals surface area contributed by atoms with E-state index < -0.39 is 4.92 Å². The third-order valence-electron chi connectivity index (χ3n) is 3.01. The van der Waals surface area contributed by atoms with Crippen LogP contribution < -0.4 is 11.3 Å². The molecule has 0 amide bonds. The van der Waals surface area contributed by atoms with E-state index in [2.05, 4.69) is 30.2 Å². The van der Waals surface area contributed by atoms with E-state index in [1.54, 1.807) is 6.07 Å². The first-order valence-corrected chi connectivity index (χ1v) is 6.81. The van der Waals surface area contributed by atoms with E-state index in [4.69, 9.17) is 11.1 Å². The van der Waals surface area contributed by atoms with Gasteiger partial charge in [-0.25, -0.2) is 0 Å². The zero-order valence-electron chi connectivity index (χ0n) is 12.4. The lowest BCUT2D eigenvalue weighted by atomic mass is 10.1. The molecule has 0 bridgehead atoms. The van der Waals surface area contributed by atoms with Gasteiger partial charge in [0.15, 0.2) is 0 Å². The molecule has 1 aromatic rings. The van der Waals surface area contributed by atoms with Crippen molar-refractivity contribution in [2.45, 2.75) is 26.8 Å². The molecule has 0 aromatic heterocycles. The number of nitro benzene ring substituents is 1. The second-order valence-corrected chi connectivity index (χ2v) is 5.28. The molecule has 0 spiro atoms. The van der Waals surface area contributed by atoms with Crippen molar-refractivity contribution in [1.29, 1.82) is 5.26 Å². The Balaban J connectivity index is 2.97. The second-order valence-electron chi connectivity index (χ2n) is 5.28. The molecule has 1 aromatic carbocycles. The molecule has 0 fully saturated rings. The Labute approximate surface area is 124 Å².